The van der Waals surface area contributed by atoms with Gasteiger partial charge in [0.25, 0.3) is 0 Å². The molecule has 4 nitrogen and oxygen atoms in total. The third-order valence-corrected chi connectivity index (χ3v) is 4.54. The van der Waals surface area contributed by atoms with Gasteiger partial charge in [0.15, 0.2) is 0 Å². The predicted octanol–water partition coefficient (Wildman–Crippen LogP) is 2.35. The Morgan fingerprint density at radius 3 is 2.57 bits per heavy atom. The smallest absolute Gasteiger partial charge is 0.335 e. The Labute approximate surface area is 126 Å². The maximum atomic E-state index is 10.9. The fourth-order valence-corrected chi connectivity index (χ4v) is 3.18. The van der Waals surface area contributed by atoms with Crippen molar-refractivity contribution in [1.82, 2.24) is 10.2 Å². The van der Waals surface area contributed by atoms with Crippen molar-refractivity contribution >= 4 is 5.97 Å². The zero-order valence-electron chi connectivity index (χ0n) is 12.4. The van der Waals surface area contributed by atoms with Crippen LogP contribution in [0, 0.1) is 5.92 Å². The second-order valence-electron chi connectivity index (χ2n) is 6.38. The molecule has 1 aliphatic carbocycles. The molecule has 2 aliphatic rings. The van der Waals surface area contributed by atoms with E-state index in [-0.39, 0.29) is 0 Å². The molecule has 2 N–H and O–H groups in total. The molecule has 21 heavy (non-hydrogen) atoms. The van der Waals surface area contributed by atoms with E-state index in [9.17, 15) is 4.79 Å². The maximum absolute atomic E-state index is 10.9. The van der Waals surface area contributed by atoms with Crippen molar-refractivity contribution in [2.24, 2.45) is 5.92 Å². The molecule has 0 spiro atoms. The van der Waals surface area contributed by atoms with Gasteiger partial charge in [-0.1, -0.05) is 12.1 Å². The van der Waals surface area contributed by atoms with E-state index in [1.165, 1.54) is 37.8 Å². The van der Waals surface area contributed by atoms with E-state index in [1.54, 1.807) is 12.1 Å². The van der Waals surface area contributed by atoms with Crippen molar-refractivity contribution in [2.45, 2.75) is 38.3 Å². The summed E-state index contributed by atoms with van der Waals surface area (Å²) in [7, 11) is 0. The van der Waals surface area contributed by atoms with E-state index in [1.807, 2.05) is 12.1 Å². The average molecular weight is 288 g/mol. The first-order valence-corrected chi connectivity index (χ1v) is 7.99. The van der Waals surface area contributed by atoms with Crippen molar-refractivity contribution in [3.8, 4) is 0 Å². The summed E-state index contributed by atoms with van der Waals surface area (Å²) >= 11 is 0. The average Bonchev–Trinajstić information content (AvgIpc) is 3.33. The van der Waals surface area contributed by atoms with Crippen LogP contribution in [0.5, 0.6) is 0 Å². The number of piperidine rings is 1. The fraction of sp³-hybridized carbons (Fsp3) is 0.588. The third kappa shape index (κ3) is 4.05. The van der Waals surface area contributed by atoms with Crippen LogP contribution in [0.1, 0.15) is 41.6 Å². The van der Waals surface area contributed by atoms with E-state index in [0.717, 1.165) is 31.6 Å². The molecule has 3 rings (SSSR count). The Morgan fingerprint density at radius 2 is 2.00 bits per heavy atom. The minimum atomic E-state index is -0.853. The molecule has 1 aromatic carbocycles. The number of carboxylic acids is 1. The largest absolute Gasteiger partial charge is 0.478 e. The van der Waals surface area contributed by atoms with E-state index in [2.05, 4.69) is 10.2 Å². The van der Waals surface area contributed by atoms with Gasteiger partial charge in [0, 0.05) is 19.1 Å². The highest BCUT2D eigenvalue weighted by atomic mass is 16.4. The van der Waals surface area contributed by atoms with Crippen molar-refractivity contribution in [2.75, 3.05) is 19.6 Å². The van der Waals surface area contributed by atoms with Gasteiger partial charge in [0.2, 0.25) is 0 Å². The van der Waals surface area contributed by atoms with Gasteiger partial charge >= 0.3 is 5.97 Å². The number of hydrogen-bond donors (Lipinski definition) is 2. The monoisotopic (exact) mass is 288 g/mol. The second-order valence-corrected chi connectivity index (χ2v) is 6.38. The molecule has 1 atom stereocenters. The lowest BCUT2D eigenvalue weighted by molar-refractivity contribution is 0.0697. The summed E-state index contributed by atoms with van der Waals surface area (Å²) < 4.78 is 0. The van der Waals surface area contributed by atoms with E-state index in [0.29, 0.717) is 5.56 Å². The lowest BCUT2D eigenvalue weighted by Gasteiger charge is -2.30. The van der Waals surface area contributed by atoms with Crippen LogP contribution in [0.15, 0.2) is 24.3 Å². The molecule has 1 aliphatic heterocycles. The first-order chi connectivity index (χ1) is 10.2. The van der Waals surface area contributed by atoms with Crippen LogP contribution >= 0.6 is 0 Å². The van der Waals surface area contributed by atoms with Crippen LogP contribution in [0.25, 0.3) is 0 Å². The molecule has 1 saturated heterocycles. The van der Waals surface area contributed by atoms with Gasteiger partial charge in [-0.25, -0.2) is 4.79 Å². The highest BCUT2D eigenvalue weighted by molar-refractivity contribution is 5.87. The maximum Gasteiger partial charge on any atom is 0.335 e. The molecule has 0 aromatic heterocycles. The van der Waals surface area contributed by atoms with Crippen LogP contribution in [0.4, 0.5) is 0 Å². The summed E-state index contributed by atoms with van der Waals surface area (Å²) in [6, 6.07) is 8.08. The minimum absolute atomic E-state index is 0.369. The first kappa shape index (κ1) is 14.5. The summed E-state index contributed by atoms with van der Waals surface area (Å²) in [5, 5.41) is 12.4. The molecule has 1 unspecified atom stereocenters. The number of hydrogen-bond acceptors (Lipinski definition) is 3. The number of carboxylic acid groups (broad SMARTS) is 1. The van der Waals surface area contributed by atoms with Gasteiger partial charge < -0.3 is 10.4 Å². The normalized spacial score (nSPS) is 22.4. The Kier molecular flexibility index (Phi) is 4.56. The molecular weight excluding hydrogens is 264 g/mol. The van der Waals surface area contributed by atoms with Crippen molar-refractivity contribution in [3.63, 3.8) is 0 Å². The summed E-state index contributed by atoms with van der Waals surface area (Å²) in [5.41, 5.74) is 1.59. The summed E-state index contributed by atoms with van der Waals surface area (Å²) in [4.78, 5) is 13.5. The van der Waals surface area contributed by atoms with Gasteiger partial charge in [-0.3, -0.25) is 4.90 Å². The van der Waals surface area contributed by atoms with Gasteiger partial charge in [-0.05, 0) is 62.4 Å². The Balaban J connectivity index is 1.60. The van der Waals surface area contributed by atoms with Crippen molar-refractivity contribution in [3.05, 3.63) is 35.4 Å². The lowest BCUT2D eigenvalue weighted by Crippen LogP contribution is -2.39. The Hall–Kier alpha value is -1.39. The van der Waals surface area contributed by atoms with Crippen LogP contribution in [-0.4, -0.2) is 41.7 Å². The Bertz CT molecular complexity index is 476. The van der Waals surface area contributed by atoms with E-state index < -0.39 is 5.97 Å². The fourth-order valence-electron chi connectivity index (χ4n) is 3.18. The molecule has 1 saturated carbocycles. The van der Waals surface area contributed by atoms with E-state index in [4.69, 9.17) is 5.11 Å². The lowest BCUT2D eigenvalue weighted by atomic mass is 9.98. The topological polar surface area (TPSA) is 52.6 Å². The Morgan fingerprint density at radius 1 is 1.24 bits per heavy atom. The van der Waals surface area contributed by atoms with Crippen LogP contribution in [-0.2, 0) is 6.54 Å². The summed E-state index contributed by atoms with van der Waals surface area (Å²) in [5.74, 6) is -0.0912. The molecule has 4 heteroatoms. The zero-order valence-corrected chi connectivity index (χ0v) is 12.4. The highest BCUT2D eigenvalue weighted by Gasteiger charge is 2.30. The van der Waals surface area contributed by atoms with Crippen LogP contribution in [0.3, 0.4) is 0 Å². The summed E-state index contributed by atoms with van der Waals surface area (Å²) in [6.45, 7) is 4.41. The quantitative estimate of drug-likeness (QED) is 0.843. The number of rotatable bonds is 6. The van der Waals surface area contributed by atoms with Gasteiger partial charge in [0.1, 0.15) is 0 Å². The standard InChI is InChI=1S/C17H24N2O2/c20-17(21)15-5-3-13(4-6-15)11-19(16-7-8-16)12-14-2-1-9-18-10-14/h3-6,14,16,18H,1-2,7-12H2,(H,20,21). The minimum Gasteiger partial charge on any atom is -0.478 e. The van der Waals surface area contributed by atoms with Crippen LogP contribution < -0.4 is 5.32 Å². The first-order valence-electron chi connectivity index (χ1n) is 7.99. The zero-order chi connectivity index (χ0) is 14.7. The number of aromatic carboxylic acids is 1. The van der Waals surface area contributed by atoms with Gasteiger partial charge in [0.05, 0.1) is 5.56 Å². The van der Waals surface area contributed by atoms with Crippen LogP contribution in [0.2, 0.25) is 0 Å². The predicted molar refractivity (Wildman–Crippen MR) is 82.4 cm³/mol. The number of carbonyl (C=O) groups is 1. The molecule has 0 bridgehead atoms. The van der Waals surface area contributed by atoms with Crippen molar-refractivity contribution in [1.29, 1.82) is 0 Å². The summed E-state index contributed by atoms with van der Waals surface area (Å²) in [6.07, 6.45) is 5.24. The van der Waals surface area contributed by atoms with Crippen molar-refractivity contribution < 1.29 is 9.90 Å². The van der Waals surface area contributed by atoms with Gasteiger partial charge in [-0.2, -0.15) is 0 Å². The molecule has 0 radical (unpaired) electrons. The van der Waals surface area contributed by atoms with E-state index >= 15 is 0 Å². The molecule has 1 heterocycles. The highest BCUT2D eigenvalue weighted by Crippen LogP contribution is 2.30. The number of benzene rings is 1. The molecule has 1 aromatic rings. The molecule has 114 valence electrons. The molecule has 0 amide bonds. The number of nitrogens with zero attached hydrogens (tertiary/aromatic N) is 1. The third-order valence-electron chi connectivity index (χ3n) is 4.54. The molecular formula is C17H24N2O2. The SMILES string of the molecule is O=C(O)c1ccc(CN(CC2CCCNC2)C2CC2)cc1. The number of nitrogens with one attached hydrogen (secondary N) is 1. The van der Waals surface area contributed by atoms with Gasteiger partial charge in [-0.15, -0.1) is 0 Å². The molecule has 2 fully saturated rings. The second kappa shape index (κ2) is 6.58.